The van der Waals surface area contributed by atoms with Gasteiger partial charge in [-0.15, -0.1) is 0 Å². The molecule has 1 atom stereocenters. The highest BCUT2D eigenvalue weighted by Crippen LogP contribution is 1.98. The number of carbonyl (C=O) groups is 2. The maximum absolute atomic E-state index is 11.7. The molecule has 0 heterocycles. The lowest BCUT2D eigenvalue weighted by Gasteiger charge is -2.10. The molecule has 0 saturated heterocycles. The molecule has 0 bridgehead atoms. The zero-order valence-corrected chi connectivity index (χ0v) is 12.1. The summed E-state index contributed by atoms with van der Waals surface area (Å²) in [5.41, 5.74) is 3.54. The Morgan fingerprint density at radius 2 is 1.90 bits per heavy atom. The largest absolute Gasteiger partial charge is 0.353 e. The lowest BCUT2D eigenvalue weighted by molar-refractivity contribution is -0.120. The third-order valence-electron chi connectivity index (χ3n) is 2.82. The predicted molar refractivity (Wildman–Crippen MR) is 79.5 cm³/mol. The fourth-order valence-electron chi connectivity index (χ4n) is 1.50. The standard InChI is InChI=1S/C15H21N3O2/c1-4-11(2)16-14(19)10-12(3)17-18-15(20)13-8-6-5-7-9-13/h5-9,11H,4,10H2,1-3H3,(H,16,19)(H,18,20)/t11-/m1/s1. The van der Waals surface area contributed by atoms with Gasteiger partial charge in [0.25, 0.3) is 5.91 Å². The average Bonchev–Trinajstić information content (AvgIpc) is 2.45. The van der Waals surface area contributed by atoms with Crippen molar-refractivity contribution in [1.29, 1.82) is 0 Å². The Hall–Kier alpha value is -2.17. The minimum atomic E-state index is -0.285. The molecule has 0 spiro atoms. The number of hydrazone groups is 1. The van der Waals surface area contributed by atoms with Gasteiger partial charge >= 0.3 is 0 Å². The van der Waals surface area contributed by atoms with Gasteiger partial charge < -0.3 is 5.32 Å². The van der Waals surface area contributed by atoms with Gasteiger partial charge in [0.05, 0.1) is 6.42 Å². The van der Waals surface area contributed by atoms with E-state index in [1.54, 1.807) is 31.2 Å². The van der Waals surface area contributed by atoms with Crippen LogP contribution in [0.4, 0.5) is 0 Å². The van der Waals surface area contributed by atoms with Crippen molar-refractivity contribution in [2.75, 3.05) is 0 Å². The van der Waals surface area contributed by atoms with Gasteiger partial charge in [-0.2, -0.15) is 5.10 Å². The summed E-state index contributed by atoms with van der Waals surface area (Å²) in [6.45, 7) is 5.66. The highest BCUT2D eigenvalue weighted by Gasteiger charge is 2.08. The van der Waals surface area contributed by atoms with Gasteiger partial charge in [-0.3, -0.25) is 9.59 Å². The first kappa shape index (κ1) is 15.9. The maximum Gasteiger partial charge on any atom is 0.271 e. The molecule has 2 N–H and O–H groups in total. The normalized spacial score (nSPS) is 12.7. The van der Waals surface area contributed by atoms with E-state index in [1.807, 2.05) is 19.9 Å². The molecule has 0 unspecified atom stereocenters. The first-order chi connectivity index (χ1) is 9.52. The van der Waals surface area contributed by atoms with E-state index in [4.69, 9.17) is 0 Å². The lowest BCUT2D eigenvalue weighted by Crippen LogP contribution is -2.33. The Labute approximate surface area is 119 Å². The van der Waals surface area contributed by atoms with E-state index in [0.29, 0.717) is 11.3 Å². The van der Waals surface area contributed by atoms with Crippen LogP contribution in [0.3, 0.4) is 0 Å². The second-order valence-electron chi connectivity index (χ2n) is 4.71. The molecule has 0 aliphatic rings. The van der Waals surface area contributed by atoms with Crippen LogP contribution in [-0.4, -0.2) is 23.6 Å². The summed E-state index contributed by atoms with van der Waals surface area (Å²) in [5.74, 6) is -0.373. The van der Waals surface area contributed by atoms with E-state index in [-0.39, 0.29) is 24.3 Å². The first-order valence-corrected chi connectivity index (χ1v) is 6.70. The van der Waals surface area contributed by atoms with Crippen molar-refractivity contribution in [3.8, 4) is 0 Å². The van der Waals surface area contributed by atoms with Crippen molar-refractivity contribution in [3.05, 3.63) is 35.9 Å². The Bertz CT molecular complexity index is 483. The minimum Gasteiger partial charge on any atom is -0.353 e. The molecule has 0 aliphatic heterocycles. The van der Waals surface area contributed by atoms with E-state index < -0.39 is 0 Å². The molecule has 108 valence electrons. The van der Waals surface area contributed by atoms with Crippen molar-refractivity contribution in [2.24, 2.45) is 5.10 Å². The SMILES string of the molecule is CC[C@@H](C)NC(=O)CC(C)=NNC(=O)c1ccccc1. The molecule has 1 aromatic rings. The van der Waals surface area contributed by atoms with Crippen LogP contribution in [0.25, 0.3) is 0 Å². The second kappa shape index (κ2) is 8.09. The van der Waals surface area contributed by atoms with Gasteiger partial charge in [-0.05, 0) is 32.4 Å². The van der Waals surface area contributed by atoms with Crippen LogP contribution in [0.15, 0.2) is 35.4 Å². The van der Waals surface area contributed by atoms with Gasteiger partial charge in [-0.25, -0.2) is 5.43 Å². The Balaban J connectivity index is 2.46. The van der Waals surface area contributed by atoms with Crippen molar-refractivity contribution in [1.82, 2.24) is 10.7 Å². The number of amides is 2. The molecule has 2 amide bonds. The summed E-state index contributed by atoms with van der Waals surface area (Å²) in [6, 6.07) is 8.96. The number of nitrogens with zero attached hydrogens (tertiary/aromatic N) is 1. The Kier molecular flexibility index (Phi) is 6.43. The highest BCUT2D eigenvalue weighted by molar-refractivity contribution is 6.01. The van der Waals surface area contributed by atoms with Crippen LogP contribution in [-0.2, 0) is 4.79 Å². The summed E-state index contributed by atoms with van der Waals surface area (Å²) in [4.78, 5) is 23.4. The van der Waals surface area contributed by atoms with Gasteiger partial charge in [0.15, 0.2) is 0 Å². The second-order valence-corrected chi connectivity index (χ2v) is 4.71. The number of carbonyl (C=O) groups excluding carboxylic acids is 2. The summed E-state index contributed by atoms with van der Waals surface area (Å²) in [5, 5.41) is 6.78. The fraction of sp³-hybridized carbons (Fsp3) is 0.400. The summed E-state index contributed by atoms with van der Waals surface area (Å²) in [6.07, 6.45) is 1.06. The molecule has 0 aromatic heterocycles. The number of hydrogen-bond acceptors (Lipinski definition) is 3. The molecule has 0 aliphatic carbocycles. The average molecular weight is 275 g/mol. The topological polar surface area (TPSA) is 70.6 Å². The van der Waals surface area contributed by atoms with Crippen LogP contribution in [0.2, 0.25) is 0 Å². The van der Waals surface area contributed by atoms with Crippen LogP contribution >= 0.6 is 0 Å². The Morgan fingerprint density at radius 3 is 2.50 bits per heavy atom. The first-order valence-electron chi connectivity index (χ1n) is 6.70. The molecule has 5 heteroatoms. The van der Waals surface area contributed by atoms with Crippen LogP contribution in [0.5, 0.6) is 0 Å². The smallest absolute Gasteiger partial charge is 0.271 e. The van der Waals surface area contributed by atoms with E-state index in [1.165, 1.54) is 0 Å². The van der Waals surface area contributed by atoms with Crippen LogP contribution in [0, 0.1) is 0 Å². The van der Waals surface area contributed by atoms with Crippen molar-refractivity contribution >= 4 is 17.5 Å². The number of nitrogens with one attached hydrogen (secondary N) is 2. The van der Waals surface area contributed by atoms with Crippen molar-refractivity contribution < 1.29 is 9.59 Å². The summed E-state index contributed by atoms with van der Waals surface area (Å²) < 4.78 is 0. The van der Waals surface area contributed by atoms with E-state index in [2.05, 4.69) is 15.8 Å². The quantitative estimate of drug-likeness (QED) is 0.616. The molecule has 5 nitrogen and oxygen atoms in total. The molecule has 20 heavy (non-hydrogen) atoms. The van der Waals surface area contributed by atoms with E-state index in [0.717, 1.165) is 6.42 Å². The van der Waals surface area contributed by atoms with Crippen LogP contribution < -0.4 is 10.7 Å². The van der Waals surface area contributed by atoms with Crippen molar-refractivity contribution in [3.63, 3.8) is 0 Å². The molecule has 0 fully saturated rings. The molecule has 1 rings (SSSR count). The summed E-state index contributed by atoms with van der Waals surface area (Å²) in [7, 11) is 0. The van der Waals surface area contributed by atoms with Gasteiger partial charge in [0.1, 0.15) is 0 Å². The Morgan fingerprint density at radius 1 is 1.25 bits per heavy atom. The summed E-state index contributed by atoms with van der Waals surface area (Å²) >= 11 is 0. The van der Waals surface area contributed by atoms with Crippen molar-refractivity contribution in [2.45, 2.75) is 39.7 Å². The third-order valence-corrected chi connectivity index (χ3v) is 2.82. The zero-order chi connectivity index (χ0) is 15.0. The molecule has 0 radical (unpaired) electrons. The number of hydrogen-bond donors (Lipinski definition) is 2. The molecule has 0 saturated carbocycles. The fourth-order valence-corrected chi connectivity index (χ4v) is 1.50. The number of benzene rings is 1. The van der Waals surface area contributed by atoms with E-state index >= 15 is 0 Å². The molecular weight excluding hydrogens is 254 g/mol. The van der Waals surface area contributed by atoms with Gasteiger partial charge in [0, 0.05) is 17.3 Å². The van der Waals surface area contributed by atoms with E-state index in [9.17, 15) is 9.59 Å². The third kappa shape index (κ3) is 5.65. The highest BCUT2D eigenvalue weighted by atomic mass is 16.2. The zero-order valence-electron chi connectivity index (χ0n) is 12.1. The predicted octanol–water partition coefficient (Wildman–Crippen LogP) is 2.10. The molecular formula is C15H21N3O2. The molecule has 1 aromatic carbocycles. The van der Waals surface area contributed by atoms with Gasteiger partial charge in [-0.1, -0.05) is 25.1 Å². The maximum atomic E-state index is 11.7. The monoisotopic (exact) mass is 275 g/mol. The number of rotatable bonds is 6. The minimum absolute atomic E-state index is 0.0884. The van der Waals surface area contributed by atoms with Crippen LogP contribution in [0.1, 0.15) is 44.0 Å². The lowest BCUT2D eigenvalue weighted by atomic mass is 10.2. The van der Waals surface area contributed by atoms with Gasteiger partial charge in [0.2, 0.25) is 5.91 Å².